The maximum absolute atomic E-state index is 12.0. The van der Waals surface area contributed by atoms with Gasteiger partial charge in [0.1, 0.15) is 0 Å². The van der Waals surface area contributed by atoms with E-state index in [9.17, 15) is 9.59 Å². The van der Waals surface area contributed by atoms with Crippen molar-refractivity contribution >= 4 is 17.7 Å². The molecule has 0 bridgehead atoms. The van der Waals surface area contributed by atoms with Gasteiger partial charge in [-0.3, -0.25) is 4.79 Å². The minimum atomic E-state index is -0.721. The van der Waals surface area contributed by atoms with Crippen LogP contribution in [0.5, 0.6) is 0 Å². The van der Waals surface area contributed by atoms with Gasteiger partial charge in [-0.25, -0.2) is 4.79 Å². The summed E-state index contributed by atoms with van der Waals surface area (Å²) in [7, 11) is 0. The maximum Gasteiger partial charge on any atom is 0.315 e. The van der Waals surface area contributed by atoms with Crippen molar-refractivity contribution in [3.8, 4) is 0 Å². The first-order valence-corrected chi connectivity index (χ1v) is 9.17. The lowest BCUT2D eigenvalue weighted by Gasteiger charge is -2.27. The summed E-state index contributed by atoms with van der Waals surface area (Å²) in [5.74, 6) is -0.971. The first kappa shape index (κ1) is 19.1. The Morgan fingerprint density at radius 1 is 1.16 bits per heavy atom. The van der Waals surface area contributed by atoms with Crippen LogP contribution in [0.25, 0.3) is 0 Å². The van der Waals surface area contributed by atoms with E-state index >= 15 is 0 Å². The van der Waals surface area contributed by atoms with Crippen LogP contribution in [0, 0.1) is 5.92 Å². The highest BCUT2D eigenvalue weighted by Crippen LogP contribution is 2.24. The zero-order valence-electron chi connectivity index (χ0n) is 14.9. The van der Waals surface area contributed by atoms with Crippen molar-refractivity contribution in [1.29, 1.82) is 0 Å². The zero-order chi connectivity index (χ0) is 18.1. The fourth-order valence-corrected chi connectivity index (χ4v) is 3.30. The molecule has 0 spiro atoms. The molecular formula is C19H29N3O3. The smallest absolute Gasteiger partial charge is 0.315 e. The number of para-hydroxylation sites is 1. The molecule has 6 heteroatoms. The summed E-state index contributed by atoms with van der Waals surface area (Å²) >= 11 is 0. The summed E-state index contributed by atoms with van der Waals surface area (Å²) in [5, 5.41) is 14.9. The van der Waals surface area contributed by atoms with Gasteiger partial charge in [-0.2, -0.15) is 0 Å². The summed E-state index contributed by atoms with van der Waals surface area (Å²) in [6, 6.07) is 10.2. The Morgan fingerprint density at radius 2 is 1.84 bits per heavy atom. The predicted molar refractivity (Wildman–Crippen MR) is 98.9 cm³/mol. The van der Waals surface area contributed by atoms with Crippen LogP contribution in [0.4, 0.5) is 10.5 Å². The normalized spacial score (nSPS) is 19.9. The molecule has 1 saturated carbocycles. The average Bonchev–Trinajstić information content (AvgIpc) is 2.63. The van der Waals surface area contributed by atoms with Crippen LogP contribution in [0.1, 0.15) is 39.0 Å². The number of hydrogen-bond donors (Lipinski definition) is 3. The highest BCUT2D eigenvalue weighted by Gasteiger charge is 2.26. The van der Waals surface area contributed by atoms with Crippen LogP contribution in [0.3, 0.4) is 0 Å². The van der Waals surface area contributed by atoms with Crippen molar-refractivity contribution < 1.29 is 14.7 Å². The molecule has 138 valence electrons. The van der Waals surface area contributed by atoms with E-state index in [1.165, 1.54) is 5.69 Å². The van der Waals surface area contributed by atoms with E-state index < -0.39 is 5.97 Å². The molecule has 2 rings (SSSR count). The SMILES string of the molecule is CCN(CCCNC(=O)NC1CCC(C(=O)O)CC1)c1ccccc1. The Hall–Kier alpha value is -2.24. The number of anilines is 1. The van der Waals surface area contributed by atoms with Crippen LogP contribution < -0.4 is 15.5 Å². The summed E-state index contributed by atoms with van der Waals surface area (Å²) in [6.45, 7) is 4.58. The molecule has 6 nitrogen and oxygen atoms in total. The topological polar surface area (TPSA) is 81.7 Å². The maximum atomic E-state index is 12.0. The fourth-order valence-electron chi connectivity index (χ4n) is 3.30. The number of carboxylic acid groups (broad SMARTS) is 1. The molecule has 0 saturated heterocycles. The zero-order valence-corrected chi connectivity index (χ0v) is 14.9. The molecule has 0 unspecified atom stereocenters. The van der Waals surface area contributed by atoms with Crippen molar-refractivity contribution in [2.24, 2.45) is 5.92 Å². The number of aliphatic carboxylic acids is 1. The van der Waals surface area contributed by atoms with Gasteiger partial charge in [0.15, 0.2) is 0 Å². The number of amides is 2. The highest BCUT2D eigenvalue weighted by molar-refractivity contribution is 5.74. The second-order valence-corrected chi connectivity index (χ2v) is 6.56. The Balaban J connectivity index is 1.61. The second kappa shape index (κ2) is 9.91. The Kier molecular flexibility index (Phi) is 7.57. The largest absolute Gasteiger partial charge is 0.481 e. The van der Waals surface area contributed by atoms with Crippen LogP contribution in [0.15, 0.2) is 30.3 Å². The van der Waals surface area contributed by atoms with Gasteiger partial charge >= 0.3 is 12.0 Å². The summed E-state index contributed by atoms with van der Waals surface area (Å²) in [4.78, 5) is 25.2. The van der Waals surface area contributed by atoms with Crippen molar-refractivity contribution in [3.63, 3.8) is 0 Å². The molecule has 1 aliphatic rings. The number of nitrogens with zero attached hydrogens (tertiary/aromatic N) is 1. The number of carbonyl (C=O) groups is 2. The standard InChI is InChI=1S/C19H29N3O3/c1-2-22(17-7-4-3-5-8-17)14-6-13-20-19(25)21-16-11-9-15(10-12-16)18(23)24/h3-5,7-8,15-16H,2,6,9-14H2,1H3,(H,23,24)(H2,20,21,25). The summed E-state index contributed by atoms with van der Waals surface area (Å²) < 4.78 is 0. The lowest BCUT2D eigenvalue weighted by atomic mass is 9.86. The number of hydrogen-bond acceptors (Lipinski definition) is 3. The number of benzene rings is 1. The molecule has 1 aromatic carbocycles. The molecule has 0 atom stereocenters. The first-order valence-electron chi connectivity index (χ1n) is 9.17. The third-order valence-corrected chi connectivity index (χ3v) is 4.81. The third-order valence-electron chi connectivity index (χ3n) is 4.81. The van der Waals surface area contributed by atoms with Gasteiger partial charge in [0, 0.05) is 31.4 Å². The monoisotopic (exact) mass is 347 g/mol. The number of carbonyl (C=O) groups excluding carboxylic acids is 1. The van der Waals surface area contributed by atoms with Crippen LogP contribution in [0.2, 0.25) is 0 Å². The molecule has 3 N–H and O–H groups in total. The molecule has 1 aromatic rings. The number of carboxylic acids is 1. The third kappa shape index (κ3) is 6.29. The van der Waals surface area contributed by atoms with Gasteiger partial charge in [-0.15, -0.1) is 0 Å². The number of nitrogens with one attached hydrogen (secondary N) is 2. The first-order chi connectivity index (χ1) is 12.1. The van der Waals surface area contributed by atoms with Crippen LogP contribution >= 0.6 is 0 Å². The minimum Gasteiger partial charge on any atom is -0.481 e. The number of urea groups is 1. The van der Waals surface area contributed by atoms with E-state index in [1.807, 2.05) is 18.2 Å². The lowest BCUT2D eigenvalue weighted by molar-refractivity contribution is -0.142. The van der Waals surface area contributed by atoms with Crippen LogP contribution in [-0.4, -0.2) is 42.8 Å². The van der Waals surface area contributed by atoms with Gasteiger partial charge < -0.3 is 20.6 Å². The van der Waals surface area contributed by atoms with Gasteiger partial charge in [-0.05, 0) is 51.2 Å². The van der Waals surface area contributed by atoms with Gasteiger partial charge in [0.25, 0.3) is 0 Å². The summed E-state index contributed by atoms with van der Waals surface area (Å²) in [6.07, 6.45) is 3.64. The molecule has 25 heavy (non-hydrogen) atoms. The minimum absolute atomic E-state index is 0.0899. The lowest BCUT2D eigenvalue weighted by Crippen LogP contribution is -2.44. The van der Waals surface area contributed by atoms with E-state index in [0.717, 1.165) is 32.4 Å². The number of rotatable bonds is 8. The van der Waals surface area contributed by atoms with Crippen molar-refractivity contribution in [3.05, 3.63) is 30.3 Å². The van der Waals surface area contributed by atoms with Gasteiger partial charge in [0.05, 0.1) is 5.92 Å². The van der Waals surface area contributed by atoms with E-state index in [1.54, 1.807) is 0 Å². The predicted octanol–water partition coefficient (Wildman–Crippen LogP) is 2.85. The second-order valence-electron chi connectivity index (χ2n) is 6.56. The Bertz CT molecular complexity index is 542. The van der Waals surface area contributed by atoms with Gasteiger partial charge in [0.2, 0.25) is 0 Å². The van der Waals surface area contributed by atoms with Gasteiger partial charge in [-0.1, -0.05) is 18.2 Å². The Labute approximate surface area is 149 Å². The molecular weight excluding hydrogens is 318 g/mol. The molecule has 2 amide bonds. The molecule has 0 radical (unpaired) electrons. The highest BCUT2D eigenvalue weighted by atomic mass is 16.4. The fraction of sp³-hybridized carbons (Fsp3) is 0.579. The van der Waals surface area contributed by atoms with Crippen molar-refractivity contribution in [2.45, 2.75) is 45.1 Å². The molecule has 0 heterocycles. The molecule has 1 fully saturated rings. The summed E-state index contributed by atoms with van der Waals surface area (Å²) in [5.41, 5.74) is 1.20. The van der Waals surface area contributed by atoms with E-state index in [0.29, 0.717) is 19.4 Å². The Morgan fingerprint density at radius 3 is 2.44 bits per heavy atom. The van der Waals surface area contributed by atoms with E-state index in [2.05, 4.69) is 34.6 Å². The van der Waals surface area contributed by atoms with Crippen molar-refractivity contribution in [2.75, 3.05) is 24.5 Å². The van der Waals surface area contributed by atoms with Crippen molar-refractivity contribution in [1.82, 2.24) is 10.6 Å². The average molecular weight is 347 g/mol. The molecule has 1 aliphatic carbocycles. The van der Waals surface area contributed by atoms with Crippen LogP contribution in [-0.2, 0) is 4.79 Å². The molecule has 0 aliphatic heterocycles. The van der Waals surface area contributed by atoms with E-state index in [4.69, 9.17) is 5.11 Å². The quantitative estimate of drug-likeness (QED) is 0.632. The molecule has 0 aromatic heterocycles. The van der Waals surface area contributed by atoms with E-state index in [-0.39, 0.29) is 18.0 Å².